The zero-order chi connectivity index (χ0) is 22.2. The first kappa shape index (κ1) is 23.7. The second kappa shape index (κ2) is 9.67. The molecule has 3 amide bonds. The number of nitrogens with one attached hydrogen (secondary N) is 1. The number of aryl methyl sites for hydroxylation is 1. The SMILES string of the molecule is Cc1cc(Br)c(Cl)cc1NC(=O)COC(=O)CN1C(=O)[C@@H]2C[C@H](Br)[C@@H](Br)C[C@H]2C1=O. The second-order valence-corrected chi connectivity index (χ2v) is 10.9. The van der Waals surface area contributed by atoms with E-state index in [9.17, 15) is 19.2 Å². The van der Waals surface area contributed by atoms with Crippen molar-refractivity contribution in [2.45, 2.75) is 29.4 Å². The number of ether oxygens (including phenoxy) is 1. The summed E-state index contributed by atoms with van der Waals surface area (Å²) in [5.41, 5.74) is 1.27. The van der Waals surface area contributed by atoms with Crippen LogP contribution < -0.4 is 5.32 Å². The number of esters is 1. The first-order valence-corrected chi connectivity index (χ1v) is 12.1. The molecule has 3 rings (SSSR count). The normalized spacial score (nSPS) is 25.8. The molecule has 0 radical (unpaired) electrons. The van der Waals surface area contributed by atoms with Gasteiger partial charge in [0.1, 0.15) is 6.54 Å². The van der Waals surface area contributed by atoms with Crippen LogP contribution in [0.5, 0.6) is 0 Å². The number of carbonyl (C=O) groups is 4. The van der Waals surface area contributed by atoms with Gasteiger partial charge in [0.05, 0.1) is 16.9 Å². The van der Waals surface area contributed by atoms with Gasteiger partial charge in [-0.2, -0.15) is 0 Å². The molecule has 1 aromatic carbocycles. The van der Waals surface area contributed by atoms with Gasteiger partial charge >= 0.3 is 5.97 Å². The second-order valence-electron chi connectivity index (χ2n) is 7.27. The van der Waals surface area contributed by atoms with E-state index in [0.717, 1.165) is 10.5 Å². The highest BCUT2D eigenvalue weighted by Crippen LogP contribution is 2.43. The highest BCUT2D eigenvalue weighted by Gasteiger charge is 2.52. The monoisotopic (exact) mass is 626 g/mol. The molecule has 2 fully saturated rings. The zero-order valence-electron chi connectivity index (χ0n) is 15.8. The van der Waals surface area contributed by atoms with E-state index in [1.54, 1.807) is 19.1 Å². The smallest absolute Gasteiger partial charge is 0.326 e. The Hall–Kier alpha value is -0.970. The Labute approximate surface area is 203 Å². The quantitative estimate of drug-likeness (QED) is 0.304. The highest BCUT2D eigenvalue weighted by atomic mass is 79.9. The molecule has 1 saturated heterocycles. The summed E-state index contributed by atoms with van der Waals surface area (Å²) in [7, 11) is 0. The van der Waals surface area contributed by atoms with Crippen LogP contribution >= 0.6 is 59.4 Å². The van der Waals surface area contributed by atoms with E-state index in [2.05, 4.69) is 53.1 Å². The number of imide groups is 1. The number of halogens is 4. The van der Waals surface area contributed by atoms with Crippen molar-refractivity contribution < 1.29 is 23.9 Å². The van der Waals surface area contributed by atoms with E-state index in [1.807, 2.05) is 0 Å². The molecule has 1 aromatic rings. The summed E-state index contributed by atoms with van der Waals surface area (Å²) in [5, 5.41) is 3.04. The molecule has 1 aliphatic heterocycles. The standard InChI is InChI=1S/C19H18Br3ClN2O5/c1-8-2-13(22)14(23)5-15(8)24-16(26)7-30-17(27)6-25-18(28)9-3-11(20)12(21)4-10(9)19(25)29/h2,5,9-12H,3-4,6-7H2,1H3,(H,24,26)/t9-,10-,11+,12+/m1/s1. The van der Waals surface area contributed by atoms with Crippen LogP contribution in [0.15, 0.2) is 16.6 Å². The lowest BCUT2D eigenvalue weighted by molar-refractivity contribution is -0.154. The number of hydrogen-bond acceptors (Lipinski definition) is 5. The van der Waals surface area contributed by atoms with Crippen LogP contribution in [-0.2, 0) is 23.9 Å². The molecule has 0 aromatic heterocycles. The highest BCUT2D eigenvalue weighted by molar-refractivity contribution is 9.12. The lowest BCUT2D eigenvalue weighted by Gasteiger charge is -2.29. The number of amides is 3. The van der Waals surface area contributed by atoms with Gasteiger partial charge in [-0.1, -0.05) is 43.5 Å². The predicted octanol–water partition coefficient (Wildman–Crippen LogP) is 3.81. The summed E-state index contributed by atoms with van der Waals surface area (Å²) >= 11 is 16.4. The molecule has 2 aliphatic rings. The summed E-state index contributed by atoms with van der Waals surface area (Å²) in [4.78, 5) is 50.5. The Morgan fingerprint density at radius 1 is 1.17 bits per heavy atom. The number of anilines is 1. The van der Waals surface area contributed by atoms with E-state index in [-0.39, 0.29) is 21.5 Å². The zero-order valence-corrected chi connectivity index (χ0v) is 21.3. The number of rotatable bonds is 5. The molecule has 162 valence electrons. The van der Waals surface area contributed by atoms with Crippen LogP contribution in [0.4, 0.5) is 5.69 Å². The van der Waals surface area contributed by atoms with Gasteiger partial charge < -0.3 is 10.1 Å². The number of alkyl halides is 2. The maximum atomic E-state index is 12.6. The number of fused-ring (bicyclic) bond motifs is 1. The number of benzene rings is 1. The molecular formula is C19H18Br3ClN2O5. The molecule has 0 bridgehead atoms. The van der Waals surface area contributed by atoms with E-state index in [0.29, 0.717) is 28.0 Å². The van der Waals surface area contributed by atoms with E-state index in [1.165, 1.54) is 0 Å². The van der Waals surface area contributed by atoms with Crippen molar-refractivity contribution >= 4 is 88.8 Å². The maximum absolute atomic E-state index is 12.6. The van der Waals surface area contributed by atoms with Gasteiger partial charge in [-0.3, -0.25) is 24.1 Å². The Bertz CT molecular complexity index is 884. The van der Waals surface area contributed by atoms with Crippen LogP contribution in [-0.4, -0.2) is 51.4 Å². The summed E-state index contributed by atoms with van der Waals surface area (Å²) in [5.74, 6) is -2.97. The molecule has 1 N–H and O–H groups in total. The third-order valence-corrected chi connectivity index (χ3v) is 9.13. The van der Waals surface area contributed by atoms with Crippen molar-refractivity contribution in [2.24, 2.45) is 11.8 Å². The number of likely N-dealkylation sites (tertiary alicyclic amines) is 1. The van der Waals surface area contributed by atoms with Gasteiger partial charge in [0.15, 0.2) is 6.61 Å². The Morgan fingerprint density at radius 2 is 1.73 bits per heavy atom. The van der Waals surface area contributed by atoms with Gasteiger partial charge in [0.2, 0.25) is 11.8 Å². The summed E-state index contributed by atoms with van der Waals surface area (Å²) in [6.45, 7) is 0.755. The van der Waals surface area contributed by atoms with Gasteiger partial charge in [-0.05, 0) is 53.4 Å². The van der Waals surface area contributed by atoms with E-state index >= 15 is 0 Å². The molecule has 1 heterocycles. The van der Waals surface area contributed by atoms with Crippen LogP contribution in [0.3, 0.4) is 0 Å². The Balaban J connectivity index is 1.53. The van der Waals surface area contributed by atoms with Crippen molar-refractivity contribution in [2.75, 3.05) is 18.5 Å². The minimum Gasteiger partial charge on any atom is -0.454 e. The molecular weight excluding hydrogens is 611 g/mol. The summed E-state index contributed by atoms with van der Waals surface area (Å²) < 4.78 is 5.66. The fourth-order valence-electron chi connectivity index (χ4n) is 3.61. The minimum absolute atomic E-state index is 0.0849. The number of carbonyl (C=O) groups excluding carboxylic acids is 4. The van der Waals surface area contributed by atoms with Gasteiger partial charge in [-0.25, -0.2) is 0 Å². The number of nitrogens with zero attached hydrogens (tertiary/aromatic N) is 1. The average molecular weight is 630 g/mol. The molecule has 30 heavy (non-hydrogen) atoms. The molecule has 1 saturated carbocycles. The minimum atomic E-state index is -0.818. The largest absolute Gasteiger partial charge is 0.454 e. The van der Waals surface area contributed by atoms with Gasteiger partial charge in [0.25, 0.3) is 5.91 Å². The fraction of sp³-hybridized carbons (Fsp3) is 0.474. The Morgan fingerprint density at radius 3 is 2.30 bits per heavy atom. The van der Waals surface area contributed by atoms with Crippen molar-refractivity contribution in [1.82, 2.24) is 4.90 Å². The molecule has 11 heteroatoms. The van der Waals surface area contributed by atoms with Crippen molar-refractivity contribution in [3.63, 3.8) is 0 Å². The van der Waals surface area contributed by atoms with Crippen LogP contribution in [0.2, 0.25) is 5.02 Å². The topological polar surface area (TPSA) is 92.8 Å². The average Bonchev–Trinajstić information content (AvgIpc) is 2.89. The van der Waals surface area contributed by atoms with Crippen LogP contribution in [0.1, 0.15) is 18.4 Å². The first-order chi connectivity index (χ1) is 14.1. The molecule has 7 nitrogen and oxygen atoms in total. The molecule has 0 spiro atoms. The lowest BCUT2D eigenvalue weighted by Crippen LogP contribution is -2.37. The fourth-order valence-corrected chi connectivity index (χ4v) is 5.47. The third-order valence-electron chi connectivity index (χ3n) is 5.20. The molecule has 0 unspecified atom stereocenters. The molecule has 1 aliphatic carbocycles. The Kier molecular flexibility index (Phi) is 7.63. The lowest BCUT2D eigenvalue weighted by atomic mass is 9.81. The van der Waals surface area contributed by atoms with Gasteiger partial charge in [0, 0.05) is 19.8 Å². The van der Waals surface area contributed by atoms with Crippen LogP contribution in [0.25, 0.3) is 0 Å². The third kappa shape index (κ3) is 5.08. The maximum Gasteiger partial charge on any atom is 0.326 e. The van der Waals surface area contributed by atoms with E-state index < -0.39 is 36.9 Å². The summed E-state index contributed by atoms with van der Waals surface area (Å²) in [6.07, 6.45) is 1.04. The molecule has 4 atom stereocenters. The van der Waals surface area contributed by atoms with Crippen molar-refractivity contribution in [3.05, 3.63) is 27.2 Å². The van der Waals surface area contributed by atoms with Crippen molar-refractivity contribution in [1.29, 1.82) is 0 Å². The predicted molar refractivity (Wildman–Crippen MR) is 122 cm³/mol. The van der Waals surface area contributed by atoms with Crippen molar-refractivity contribution in [3.8, 4) is 0 Å². The van der Waals surface area contributed by atoms with Gasteiger partial charge in [-0.15, -0.1) is 0 Å². The summed E-state index contributed by atoms with van der Waals surface area (Å²) in [6, 6.07) is 3.33. The van der Waals surface area contributed by atoms with Crippen LogP contribution in [0, 0.1) is 18.8 Å². The van der Waals surface area contributed by atoms with E-state index in [4.69, 9.17) is 16.3 Å². The number of hydrogen-bond donors (Lipinski definition) is 1. The first-order valence-electron chi connectivity index (χ1n) is 9.13.